The molecule has 0 radical (unpaired) electrons. The van der Waals surface area contributed by atoms with Gasteiger partial charge in [-0.3, -0.25) is 0 Å². The van der Waals surface area contributed by atoms with Crippen molar-refractivity contribution in [3.05, 3.63) is 108 Å². The van der Waals surface area contributed by atoms with E-state index in [1.165, 1.54) is 0 Å². The van der Waals surface area contributed by atoms with Crippen molar-refractivity contribution in [3.8, 4) is 0 Å². The summed E-state index contributed by atoms with van der Waals surface area (Å²) in [6.45, 7) is 0.786. The highest BCUT2D eigenvalue weighted by molar-refractivity contribution is 5.89. The maximum atomic E-state index is 12.4. The summed E-state index contributed by atoms with van der Waals surface area (Å²) in [5, 5.41) is 0. The van der Waals surface area contributed by atoms with Crippen LogP contribution in [0.4, 0.5) is 0 Å². The van der Waals surface area contributed by atoms with Crippen molar-refractivity contribution in [1.82, 2.24) is 0 Å². The summed E-state index contributed by atoms with van der Waals surface area (Å²) < 4.78 is 29.6. The molecule has 1 aliphatic rings. The van der Waals surface area contributed by atoms with E-state index < -0.39 is 30.6 Å². The zero-order valence-electron chi connectivity index (χ0n) is 18.5. The number of esters is 1. The zero-order chi connectivity index (χ0) is 22.9. The average Bonchev–Trinajstić information content (AvgIpc) is 3.22. The van der Waals surface area contributed by atoms with E-state index in [2.05, 4.69) is 0 Å². The van der Waals surface area contributed by atoms with Gasteiger partial charge in [0, 0.05) is 7.11 Å². The molecule has 1 aliphatic heterocycles. The van der Waals surface area contributed by atoms with Crippen LogP contribution in [0.25, 0.3) is 0 Å². The van der Waals surface area contributed by atoms with Crippen molar-refractivity contribution in [2.75, 3.05) is 13.7 Å². The monoisotopic (exact) mass is 448 g/mol. The predicted octanol–water partition coefficient (Wildman–Crippen LogP) is 4.39. The fraction of sp³-hybridized carbons (Fsp3) is 0.296. The van der Waals surface area contributed by atoms with Crippen LogP contribution in [0.3, 0.4) is 0 Å². The summed E-state index contributed by atoms with van der Waals surface area (Å²) in [5.41, 5.74) is 2.55. The number of rotatable bonds is 10. The molecule has 6 heteroatoms. The standard InChI is InChI=1S/C27H28O6/c1-29-27-25(31-18-21-13-7-3-8-14-21)24(30-17-20-11-5-2-6-12-20)23(33-27)19-32-26(28)22-15-9-4-10-16-22/h2-16,23-25,27H,17-19H2,1H3/t23-,24-,25+,27+/m1/s1. The molecule has 0 spiro atoms. The molecule has 4 atom stereocenters. The maximum Gasteiger partial charge on any atom is 0.338 e. The summed E-state index contributed by atoms with van der Waals surface area (Å²) in [4.78, 5) is 12.4. The first-order chi connectivity index (χ1) is 16.2. The van der Waals surface area contributed by atoms with Crippen LogP contribution in [0.15, 0.2) is 91.0 Å². The van der Waals surface area contributed by atoms with E-state index in [1.807, 2.05) is 66.7 Å². The molecular weight excluding hydrogens is 420 g/mol. The van der Waals surface area contributed by atoms with Gasteiger partial charge >= 0.3 is 5.97 Å². The van der Waals surface area contributed by atoms with E-state index in [4.69, 9.17) is 23.7 Å². The number of benzene rings is 3. The minimum Gasteiger partial charge on any atom is -0.459 e. The molecule has 0 amide bonds. The Labute approximate surface area is 194 Å². The molecule has 0 N–H and O–H groups in total. The second-order valence-corrected chi connectivity index (χ2v) is 7.77. The van der Waals surface area contributed by atoms with Crippen LogP contribution in [0.1, 0.15) is 21.5 Å². The first-order valence-electron chi connectivity index (χ1n) is 11.0. The van der Waals surface area contributed by atoms with Gasteiger partial charge < -0.3 is 23.7 Å². The predicted molar refractivity (Wildman–Crippen MR) is 122 cm³/mol. The lowest BCUT2D eigenvalue weighted by molar-refractivity contribution is -0.169. The molecule has 1 heterocycles. The molecule has 1 fully saturated rings. The molecule has 0 aromatic heterocycles. The number of hydrogen-bond donors (Lipinski definition) is 0. The first-order valence-corrected chi connectivity index (χ1v) is 11.0. The van der Waals surface area contributed by atoms with Gasteiger partial charge in [-0.15, -0.1) is 0 Å². The van der Waals surface area contributed by atoms with Crippen molar-refractivity contribution in [2.24, 2.45) is 0 Å². The van der Waals surface area contributed by atoms with Crippen molar-refractivity contribution < 1.29 is 28.5 Å². The van der Waals surface area contributed by atoms with Crippen LogP contribution in [0.2, 0.25) is 0 Å². The van der Waals surface area contributed by atoms with Crippen molar-refractivity contribution >= 4 is 5.97 Å². The highest BCUT2D eigenvalue weighted by atomic mass is 16.7. The van der Waals surface area contributed by atoms with Gasteiger partial charge in [-0.2, -0.15) is 0 Å². The Morgan fingerprint density at radius 2 is 1.27 bits per heavy atom. The minimum atomic E-state index is -0.644. The molecule has 0 unspecified atom stereocenters. The number of hydrogen-bond acceptors (Lipinski definition) is 6. The summed E-state index contributed by atoms with van der Waals surface area (Å²) in [7, 11) is 1.57. The highest BCUT2D eigenvalue weighted by Crippen LogP contribution is 2.29. The van der Waals surface area contributed by atoms with E-state index in [0.29, 0.717) is 18.8 Å². The molecule has 172 valence electrons. The lowest BCUT2D eigenvalue weighted by Gasteiger charge is -2.24. The molecule has 4 rings (SSSR count). The quantitative estimate of drug-likeness (QED) is 0.429. The number of methoxy groups -OCH3 is 1. The van der Waals surface area contributed by atoms with Crippen LogP contribution in [-0.2, 0) is 36.9 Å². The lowest BCUT2D eigenvalue weighted by atomic mass is 10.1. The largest absolute Gasteiger partial charge is 0.459 e. The summed E-state index contributed by atoms with van der Waals surface area (Å²) >= 11 is 0. The van der Waals surface area contributed by atoms with Crippen LogP contribution in [0, 0.1) is 0 Å². The van der Waals surface area contributed by atoms with E-state index in [1.54, 1.807) is 31.4 Å². The third-order valence-corrected chi connectivity index (χ3v) is 5.46. The molecule has 6 nitrogen and oxygen atoms in total. The van der Waals surface area contributed by atoms with Crippen molar-refractivity contribution in [3.63, 3.8) is 0 Å². The molecular formula is C27H28O6. The highest BCUT2D eigenvalue weighted by Gasteiger charge is 2.47. The normalized spacial score (nSPS) is 22.2. The van der Waals surface area contributed by atoms with Crippen LogP contribution < -0.4 is 0 Å². The SMILES string of the molecule is CO[C@H]1O[C@H](COC(=O)c2ccccc2)[C@@H](OCc2ccccc2)[C@@H]1OCc1ccccc1. The molecule has 0 aliphatic carbocycles. The smallest absolute Gasteiger partial charge is 0.338 e. The van der Waals surface area contributed by atoms with Crippen LogP contribution >= 0.6 is 0 Å². The Bertz CT molecular complexity index is 979. The fourth-order valence-corrected chi connectivity index (χ4v) is 3.74. The Morgan fingerprint density at radius 3 is 1.82 bits per heavy atom. The van der Waals surface area contributed by atoms with Crippen LogP contribution in [-0.4, -0.2) is 44.3 Å². The molecule has 3 aromatic rings. The molecule has 1 saturated heterocycles. The zero-order valence-corrected chi connectivity index (χ0v) is 18.5. The van der Waals surface area contributed by atoms with Gasteiger partial charge in [0.15, 0.2) is 6.29 Å². The van der Waals surface area contributed by atoms with Crippen molar-refractivity contribution in [1.29, 1.82) is 0 Å². The molecule has 3 aromatic carbocycles. The number of carbonyl (C=O) groups excluding carboxylic acids is 1. The third-order valence-electron chi connectivity index (χ3n) is 5.46. The van der Waals surface area contributed by atoms with Gasteiger partial charge in [-0.05, 0) is 23.3 Å². The molecule has 0 bridgehead atoms. The van der Waals surface area contributed by atoms with E-state index >= 15 is 0 Å². The number of carbonyl (C=O) groups is 1. The summed E-state index contributed by atoms with van der Waals surface area (Å²) in [6, 6.07) is 28.6. The van der Waals surface area contributed by atoms with Gasteiger partial charge in [0.25, 0.3) is 0 Å². The Hall–Kier alpha value is -3.03. The van der Waals surface area contributed by atoms with Gasteiger partial charge in [0.05, 0.1) is 18.8 Å². The minimum absolute atomic E-state index is 0.0260. The maximum absolute atomic E-state index is 12.4. The first kappa shape index (κ1) is 23.1. The van der Waals surface area contributed by atoms with Gasteiger partial charge in [0.1, 0.15) is 24.9 Å². The van der Waals surface area contributed by atoms with Crippen molar-refractivity contribution in [2.45, 2.75) is 37.8 Å². The summed E-state index contributed by atoms with van der Waals surface area (Å²) in [5.74, 6) is -0.413. The Balaban J connectivity index is 1.45. The average molecular weight is 449 g/mol. The van der Waals surface area contributed by atoms with E-state index in [-0.39, 0.29) is 6.61 Å². The molecule has 0 saturated carbocycles. The lowest BCUT2D eigenvalue weighted by Crippen LogP contribution is -2.39. The summed E-state index contributed by atoms with van der Waals surface area (Å²) in [6.07, 6.45) is -2.15. The second-order valence-electron chi connectivity index (χ2n) is 7.77. The topological polar surface area (TPSA) is 63.2 Å². The number of ether oxygens (including phenoxy) is 5. The van der Waals surface area contributed by atoms with Gasteiger partial charge in [0.2, 0.25) is 0 Å². The fourth-order valence-electron chi connectivity index (χ4n) is 3.74. The molecule has 33 heavy (non-hydrogen) atoms. The van der Waals surface area contributed by atoms with E-state index in [0.717, 1.165) is 11.1 Å². The van der Waals surface area contributed by atoms with Gasteiger partial charge in [-0.1, -0.05) is 78.9 Å². The van der Waals surface area contributed by atoms with Gasteiger partial charge in [-0.25, -0.2) is 4.79 Å². The van der Waals surface area contributed by atoms with Crippen LogP contribution in [0.5, 0.6) is 0 Å². The third kappa shape index (κ3) is 6.27. The Kier molecular flexibility index (Phi) is 8.22. The Morgan fingerprint density at radius 1 is 0.758 bits per heavy atom. The second kappa shape index (κ2) is 11.7. The van der Waals surface area contributed by atoms with E-state index in [9.17, 15) is 4.79 Å².